The van der Waals surface area contributed by atoms with Crippen molar-refractivity contribution >= 4 is 28.3 Å². The van der Waals surface area contributed by atoms with Crippen molar-refractivity contribution in [3.63, 3.8) is 0 Å². The van der Waals surface area contributed by atoms with E-state index in [0.717, 1.165) is 5.56 Å². The Kier molecular flexibility index (Phi) is 4.81. The number of hydrogen-bond donors (Lipinski definition) is 1. The summed E-state index contributed by atoms with van der Waals surface area (Å²) in [5, 5.41) is 3.41. The number of anilines is 1. The highest BCUT2D eigenvalue weighted by Gasteiger charge is 2.40. The molecule has 0 fully saturated rings. The lowest BCUT2D eigenvalue weighted by Gasteiger charge is -2.35. The Balaban J connectivity index is 1.53. The fraction of sp³-hybridized carbons (Fsp3) is 0.185. The van der Waals surface area contributed by atoms with Crippen molar-refractivity contribution in [2.75, 3.05) is 5.32 Å². The zero-order valence-electron chi connectivity index (χ0n) is 18.5. The molecule has 0 spiro atoms. The molecule has 0 saturated carbocycles. The topological polar surface area (TPSA) is 68.5 Å². The van der Waals surface area contributed by atoms with Crippen LogP contribution in [0.15, 0.2) is 65.1 Å². The number of carbonyl (C=O) groups excluding carboxylic acids is 2. The van der Waals surface area contributed by atoms with E-state index in [-0.39, 0.29) is 29.7 Å². The van der Waals surface area contributed by atoms with Gasteiger partial charge in [-0.05, 0) is 62.7 Å². The Labute approximate surface area is 190 Å². The van der Waals surface area contributed by atoms with Crippen molar-refractivity contribution < 1.29 is 23.1 Å². The van der Waals surface area contributed by atoms with Gasteiger partial charge in [-0.15, -0.1) is 0 Å². The quantitative estimate of drug-likeness (QED) is 0.402. The molecule has 0 radical (unpaired) electrons. The lowest BCUT2D eigenvalue weighted by molar-refractivity contribution is 0.0507. The summed E-state index contributed by atoms with van der Waals surface area (Å²) in [5.74, 6) is -0.291. The molecule has 3 aromatic carbocycles. The van der Waals surface area contributed by atoms with Gasteiger partial charge in [0.25, 0.3) is 5.91 Å². The number of furan rings is 1. The summed E-state index contributed by atoms with van der Waals surface area (Å²) >= 11 is 0. The Morgan fingerprint density at radius 2 is 1.70 bits per heavy atom. The van der Waals surface area contributed by atoms with Gasteiger partial charge in [-0.1, -0.05) is 29.8 Å². The molecule has 1 atom stereocenters. The van der Waals surface area contributed by atoms with Crippen LogP contribution in [0.2, 0.25) is 0 Å². The van der Waals surface area contributed by atoms with E-state index in [1.54, 1.807) is 31.2 Å². The standard InChI is InChI=1S/C27H22FNO4/c1-15-4-10-19(11-5-15)29-26(31)25-16(2)23-21(32-25)12-13-22-24(23)20(30)14-27(3,33-22)17-6-8-18(28)9-7-17/h4-13H,14H2,1-3H3,(H,29,31). The SMILES string of the molecule is Cc1ccc(NC(=O)c2oc3ccc4c(c3c2C)C(=O)CC(C)(c2ccc(F)cc2)O4)cc1. The largest absolute Gasteiger partial charge is 0.482 e. The van der Waals surface area contributed by atoms with Crippen LogP contribution >= 0.6 is 0 Å². The molecule has 5 rings (SSSR count). The van der Waals surface area contributed by atoms with Crippen molar-refractivity contribution in [2.24, 2.45) is 0 Å². The highest BCUT2D eigenvalue weighted by Crippen LogP contribution is 2.44. The zero-order valence-corrected chi connectivity index (χ0v) is 18.5. The number of ketones is 1. The molecule has 33 heavy (non-hydrogen) atoms. The highest BCUT2D eigenvalue weighted by atomic mass is 19.1. The maximum Gasteiger partial charge on any atom is 0.291 e. The Morgan fingerprint density at radius 1 is 1.00 bits per heavy atom. The molecule has 1 aliphatic rings. The third kappa shape index (κ3) is 3.57. The molecular formula is C27H22FNO4. The van der Waals surface area contributed by atoms with E-state index in [9.17, 15) is 14.0 Å². The first-order chi connectivity index (χ1) is 15.7. The van der Waals surface area contributed by atoms with E-state index in [2.05, 4.69) is 5.32 Å². The van der Waals surface area contributed by atoms with Crippen molar-refractivity contribution in [3.05, 3.63) is 94.5 Å². The minimum absolute atomic E-state index is 0.0836. The summed E-state index contributed by atoms with van der Waals surface area (Å²) in [6.07, 6.45) is 0.0836. The smallest absolute Gasteiger partial charge is 0.291 e. The van der Waals surface area contributed by atoms with Crippen LogP contribution in [0.5, 0.6) is 5.75 Å². The summed E-state index contributed by atoms with van der Waals surface area (Å²) in [4.78, 5) is 26.2. The molecule has 166 valence electrons. The second-order valence-electron chi connectivity index (χ2n) is 8.63. The first-order valence-electron chi connectivity index (χ1n) is 10.7. The fourth-order valence-corrected chi connectivity index (χ4v) is 4.36. The number of amides is 1. The third-order valence-corrected chi connectivity index (χ3v) is 6.14. The molecule has 1 unspecified atom stereocenters. The van der Waals surface area contributed by atoms with Crippen molar-refractivity contribution in [1.29, 1.82) is 0 Å². The number of fused-ring (bicyclic) bond motifs is 3. The van der Waals surface area contributed by atoms with Gasteiger partial charge in [0.1, 0.15) is 22.8 Å². The second kappa shape index (κ2) is 7.59. The first kappa shape index (κ1) is 20.9. The van der Waals surface area contributed by atoms with E-state index in [4.69, 9.17) is 9.15 Å². The predicted octanol–water partition coefficient (Wildman–Crippen LogP) is 6.32. The minimum Gasteiger partial charge on any atom is -0.482 e. The van der Waals surface area contributed by atoms with Crippen LogP contribution in [0.1, 0.15) is 50.9 Å². The van der Waals surface area contributed by atoms with Crippen LogP contribution in [0, 0.1) is 19.7 Å². The number of hydrogen-bond acceptors (Lipinski definition) is 4. The van der Waals surface area contributed by atoms with Gasteiger partial charge in [0, 0.05) is 16.6 Å². The monoisotopic (exact) mass is 443 g/mol. The third-order valence-electron chi connectivity index (χ3n) is 6.14. The zero-order chi connectivity index (χ0) is 23.3. The molecule has 2 heterocycles. The summed E-state index contributed by atoms with van der Waals surface area (Å²) in [5.41, 5.74) is 2.96. The number of ether oxygens (including phenoxy) is 1. The van der Waals surface area contributed by atoms with Crippen molar-refractivity contribution in [2.45, 2.75) is 32.8 Å². The van der Waals surface area contributed by atoms with Gasteiger partial charge >= 0.3 is 0 Å². The summed E-state index contributed by atoms with van der Waals surface area (Å²) in [7, 11) is 0. The second-order valence-corrected chi connectivity index (χ2v) is 8.63. The van der Waals surface area contributed by atoms with E-state index in [1.165, 1.54) is 12.1 Å². The Bertz CT molecular complexity index is 1400. The summed E-state index contributed by atoms with van der Waals surface area (Å²) in [6.45, 7) is 5.55. The number of nitrogens with one attached hydrogen (secondary N) is 1. The first-order valence-corrected chi connectivity index (χ1v) is 10.7. The number of benzene rings is 3. The maximum atomic E-state index is 13.4. The minimum atomic E-state index is -0.922. The predicted molar refractivity (Wildman–Crippen MR) is 123 cm³/mol. The number of halogens is 1. The van der Waals surface area contributed by atoms with Crippen molar-refractivity contribution in [3.8, 4) is 5.75 Å². The summed E-state index contributed by atoms with van der Waals surface area (Å²) < 4.78 is 25.5. The molecular weight excluding hydrogens is 421 g/mol. The van der Waals surface area contributed by atoms with Crippen LogP contribution in [-0.2, 0) is 5.60 Å². The maximum absolute atomic E-state index is 13.4. The molecule has 1 aromatic heterocycles. The van der Waals surface area contributed by atoms with E-state index in [1.807, 2.05) is 38.1 Å². The number of aryl methyl sites for hydroxylation is 2. The Hall–Kier alpha value is -3.93. The lowest BCUT2D eigenvalue weighted by Crippen LogP contribution is -2.36. The average Bonchev–Trinajstić information content (AvgIpc) is 3.12. The van der Waals surface area contributed by atoms with Gasteiger partial charge in [-0.2, -0.15) is 0 Å². The highest BCUT2D eigenvalue weighted by molar-refractivity contribution is 6.14. The average molecular weight is 443 g/mol. The van der Waals surface area contributed by atoms with Crippen LogP contribution in [0.3, 0.4) is 0 Å². The molecule has 4 aromatic rings. The van der Waals surface area contributed by atoms with Gasteiger partial charge in [0.2, 0.25) is 0 Å². The Morgan fingerprint density at radius 3 is 2.39 bits per heavy atom. The molecule has 0 saturated heterocycles. The van der Waals surface area contributed by atoms with E-state index < -0.39 is 5.60 Å². The fourth-order valence-electron chi connectivity index (χ4n) is 4.36. The van der Waals surface area contributed by atoms with E-state index >= 15 is 0 Å². The van der Waals surface area contributed by atoms with Gasteiger partial charge in [0.05, 0.1) is 12.0 Å². The van der Waals surface area contributed by atoms with E-state index in [0.29, 0.717) is 39.1 Å². The van der Waals surface area contributed by atoms with Crippen LogP contribution in [-0.4, -0.2) is 11.7 Å². The van der Waals surface area contributed by atoms with Crippen LogP contribution in [0.4, 0.5) is 10.1 Å². The molecule has 5 nitrogen and oxygen atoms in total. The number of rotatable bonds is 3. The summed E-state index contributed by atoms with van der Waals surface area (Å²) in [6, 6.07) is 16.8. The van der Waals surface area contributed by atoms with Crippen LogP contribution < -0.4 is 10.1 Å². The molecule has 6 heteroatoms. The number of Topliss-reactive ketones (excluding diaryl/α,β-unsaturated/α-hetero) is 1. The molecule has 1 amide bonds. The van der Waals surface area contributed by atoms with Gasteiger partial charge < -0.3 is 14.5 Å². The normalized spacial score (nSPS) is 17.5. The molecule has 0 bridgehead atoms. The lowest BCUT2D eigenvalue weighted by atomic mass is 9.84. The molecule has 0 aliphatic carbocycles. The van der Waals surface area contributed by atoms with Gasteiger partial charge in [-0.25, -0.2) is 4.39 Å². The van der Waals surface area contributed by atoms with Crippen LogP contribution in [0.25, 0.3) is 11.0 Å². The number of carbonyl (C=O) groups is 2. The van der Waals surface area contributed by atoms with Gasteiger partial charge in [-0.3, -0.25) is 9.59 Å². The van der Waals surface area contributed by atoms with Crippen molar-refractivity contribution in [1.82, 2.24) is 0 Å². The molecule has 1 aliphatic heterocycles. The molecule has 1 N–H and O–H groups in total. The van der Waals surface area contributed by atoms with Gasteiger partial charge in [0.15, 0.2) is 11.5 Å².